The van der Waals surface area contributed by atoms with E-state index in [-0.39, 0.29) is 18.4 Å². The van der Waals surface area contributed by atoms with Gasteiger partial charge in [0.1, 0.15) is 12.4 Å². The lowest BCUT2D eigenvalue weighted by molar-refractivity contribution is -0.143. The van der Waals surface area contributed by atoms with E-state index in [4.69, 9.17) is 9.15 Å². The van der Waals surface area contributed by atoms with E-state index >= 15 is 0 Å². The van der Waals surface area contributed by atoms with E-state index in [1.54, 1.807) is 19.1 Å². The van der Waals surface area contributed by atoms with Crippen LogP contribution in [0.3, 0.4) is 0 Å². The lowest BCUT2D eigenvalue weighted by Gasteiger charge is -2.09. The third-order valence-corrected chi connectivity index (χ3v) is 3.93. The molecule has 1 N–H and O–H groups in total. The molecule has 0 atom stereocenters. The monoisotopic (exact) mass is 355 g/mol. The highest BCUT2D eigenvalue weighted by Crippen LogP contribution is 2.17. The third-order valence-electron chi connectivity index (χ3n) is 3.93. The van der Waals surface area contributed by atoms with Crippen molar-refractivity contribution in [3.05, 3.63) is 54.2 Å². The molecule has 0 radical (unpaired) electrons. The zero-order chi connectivity index (χ0) is 18.4. The maximum atomic E-state index is 11.9. The average Bonchev–Trinajstić information content (AvgIpc) is 3.28. The van der Waals surface area contributed by atoms with Gasteiger partial charge in [0, 0.05) is 13.0 Å². The second-order valence-electron chi connectivity index (χ2n) is 5.74. The summed E-state index contributed by atoms with van der Waals surface area (Å²) in [5.41, 5.74) is 1.74. The van der Waals surface area contributed by atoms with E-state index in [1.807, 2.05) is 28.8 Å². The first-order valence-corrected chi connectivity index (χ1v) is 8.60. The van der Waals surface area contributed by atoms with Crippen LogP contribution >= 0.6 is 0 Å². The van der Waals surface area contributed by atoms with Crippen molar-refractivity contribution in [3.63, 3.8) is 0 Å². The molecule has 0 unspecified atom stereocenters. The first kappa shape index (κ1) is 17.7. The van der Waals surface area contributed by atoms with Crippen molar-refractivity contribution in [1.29, 1.82) is 0 Å². The number of amides is 1. The van der Waals surface area contributed by atoms with Crippen molar-refractivity contribution >= 4 is 22.9 Å². The molecule has 7 heteroatoms. The van der Waals surface area contributed by atoms with Gasteiger partial charge in [-0.05, 0) is 37.6 Å². The van der Waals surface area contributed by atoms with Gasteiger partial charge in [-0.1, -0.05) is 12.1 Å². The van der Waals surface area contributed by atoms with E-state index in [2.05, 4.69) is 10.3 Å². The SMILES string of the molecule is CCOC(=O)Cn1c(CCCNC(=O)c2ccco2)nc2ccccc21. The molecule has 1 aromatic carbocycles. The molecular formula is C19H21N3O4. The minimum Gasteiger partial charge on any atom is -0.465 e. The number of para-hydroxylation sites is 2. The molecule has 7 nitrogen and oxygen atoms in total. The summed E-state index contributed by atoms with van der Waals surface area (Å²) in [5, 5.41) is 2.81. The van der Waals surface area contributed by atoms with Gasteiger partial charge in [-0.3, -0.25) is 9.59 Å². The molecule has 0 aliphatic carbocycles. The Bertz CT molecular complexity index is 883. The van der Waals surface area contributed by atoms with Gasteiger partial charge in [0.2, 0.25) is 0 Å². The Balaban J connectivity index is 1.64. The highest BCUT2D eigenvalue weighted by Gasteiger charge is 2.14. The Morgan fingerprint density at radius 3 is 2.85 bits per heavy atom. The fourth-order valence-corrected chi connectivity index (χ4v) is 2.77. The number of aryl methyl sites for hydroxylation is 1. The molecule has 0 fully saturated rings. The summed E-state index contributed by atoms with van der Waals surface area (Å²) in [6.07, 6.45) is 2.79. The van der Waals surface area contributed by atoms with Gasteiger partial charge < -0.3 is 19.0 Å². The minimum atomic E-state index is -0.289. The Hall–Kier alpha value is -3.09. The number of ether oxygens (including phenoxy) is 1. The van der Waals surface area contributed by atoms with Gasteiger partial charge >= 0.3 is 5.97 Å². The van der Waals surface area contributed by atoms with Crippen molar-refractivity contribution in [1.82, 2.24) is 14.9 Å². The third kappa shape index (κ3) is 4.11. The second kappa shape index (κ2) is 8.33. The fourth-order valence-electron chi connectivity index (χ4n) is 2.77. The number of aromatic nitrogens is 2. The van der Waals surface area contributed by atoms with Gasteiger partial charge in [-0.15, -0.1) is 0 Å². The first-order valence-electron chi connectivity index (χ1n) is 8.60. The molecule has 26 heavy (non-hydrogen) atoms. The van der Waals surface area contributed by atoms with Crippen LogP contribution in [0.4, 0.5) is 0 Å². The smallest absolute Gasteiger partial charge is 0.326 e. The van der Waals surface area contributed by atoms with Crippen LogP contribution in [-0.4, -0.2) is 34.6 Å². The van der Waals surface area contributed by atoms with Gasteiger partial charge in [0.05, 0.1) is 23.9 Å². The van der Waals surface area contributed by atoms with Crippen LogP contribution in [0.1, 0.15) is 29.7 Å². The van der Waals surface area contributed by atoms with Crippen LogP contribution in [0.5, 0.6) is 0 Å². The largest absolute Gasteiger partial charge is 0.465 e. The minimum absolute atomic E-state index is 0.127. The van der Waals surface area contributed by atoms with Crippen LogP contribution in [-0.2, 0) is 22.5 Å². The van der Waals surface area contributed by atoms with Gasteiger partial charge in [-0.25, -0.2) is 4.98 Å². The first-order chi connectivity index (χ1) is 12.7. The highest BCUT2D eigenvalue weighted by molar-refractivity contribution is 5.91. The summed E-state index contributed by atoms with van der Waals surface area (Å²) in [6.45, 7) is 2.75. The van der Waals surface area contributed by atoms with Crippen LogP contribution < -0.4 is 5.32 Å². The van der Waals surface area contributed by atoms with Gasteiger partial charge in [-0.2, -0.15) is 0 Å². The lowest BCUT2D eigenvalue weighted by atomic mass is 10.3. The zero-order valence-electron chi connectivity index (χ0n) is 14.6. The molecule has 0 bridgehead atoms. The summed E-state index contributed by atoms with van der Waals surface area (Å²) in [7, 11) is 0. The molecule has 3 aromatic rings. The molecular weight excluding hydrogens is 334 g/mol. The summed E-state index contributed by atoms with van der Waals surface area (Å²) in [5.74, 6) is 0.559. The number of nitrogens with one attached hydrogen (secondary N) is 1. The molecule has 2 aromatic heterocycles. The van der Waals surface area contributed by atoms with E-state index in [0.717, 1.165) is 16.9 Å². The molecule has 2 heterocycles. The summed E-state index contributed by atoms with van der Waals surface area (Å²) in [6, 6.07) is 11.0. The number of fused-ring (bicyclic) bond motifs is 1. The molecule has 0 spiro atoms. The Morgan fingerprint density at radius 1 is 1.23 bits per heavy atom. The van der Waals surface area contributed by atoms with E-state index in [9.17, 15) is 9.59 Å². The quantitative estimate of drug-likeness (QED) is 0.496. The maximum absolute atomic E-state index is 11.9. The molecule has 136 valence electrons. The number of benzene rings is 1. The molecule has 0 saturated carbocycles. The predicted octanol–water partition coefficient (Wildman–Crippen LogP) is 2.56. The number of carbonyl (C=O) groups excluding carboxylic acids is 2. The highest BCUT2D eigenvalue weighted by atomic mass is 16.5. The molecule has 0 aliphatic rings. The molecule has 0 saturated heterocycles. The van der Waals surface area contributed by atoms with E-state index < -0.39 is 0 Å². The van der Waals surface area contributed by atoms with Crippen LogP contribution in [0.25, 0.3) is 11.0 Å². The lowest BCUT2D eigenvalue weighted by Crippen LogP contribution is -2.24. The molecule has 1 amide bonds. The van der Waals surface area contributed by atoms with Crippen molar-refractivity contribution in [3.8, 4) is 0 Å². The standard InChI is InChI=1S/C19H21N3O4/c1-2-25-18(23)13-22-15-8-4-3-7-14(15)21-17(22)10-5-11-20-19(24)16-9-6-12-26-16/h3-4,6-9,12H,2,5,10-11,13H2,1H3,(H,20,24). The topological polar surface area (TPSA) is 86.4 Å². The Morgan fingerprint density at radius 2 is 2.08 bits per heavy atom. The van der Waals surface area contributed by atoms with E-state index in [1.165, 1.54) is 6.26 Å². The van der Waals surface area contributed by atoms with Crippen molar-refractivity contribution in [2.45, 2.75) is 26.3 Å². The van der Waals surface area contributed by atoms with Gasteiger partial charge in [0.15, 0.2) is 5.76 Å². The average molecular weight is 355 g/mol. The second-order valence-corrected chi connectivity index (χ2v) is 5.74. The normalized spacial score (nSPS) is 10.8. The van der Waals surface area contributed by atoms with Crippen LogP contribution in [0.2, 0.25) is 0 Å². The Labute approximate surface area is 151 Å². The predicted molar refractivity (Wildman–Crippen MR) is 95.7 cm³/mol. The number of hydrogen-bond donors (Lipinski definition) is 1. The fraction of sp³-hybridized carbons (Fsp3) is 0.316. The van der Waals surface area contributed by atoms with Gasteiger partial charge in [0.25, 0.3) is 5.91 Å². The summed E-state index contributed by atoms with van der Waals surface area (Å²) < 4.78 is 12.0. The number of esters is 1. The maximum Gasteiger partial charge on any atom is 0.326 e. The van der Waals surface area contributed by atoms with E-state index in [0.29, 0.717) is 31.8 Å². The number of nitrogens with zero attached hydrogens (tertiary/aromatic N) is 2. The van der Waals surface area contributed by atoms with Crippen LogP contribution in [0, 0.1) is 0 Å². The summed E-state index contributed by atoms with van der Waals surface area (Å²) >= 11 is 0. The zero-order valence-corrected chi connectivity index (χ0v) is 14.6. The van der Waals surface area contributed by atoms with Crippen LogP contribution in [0.15, 0.2) is 47.1 Å². The number of furan rings is 1. The number of imidazole rings is 1. The number of rotatable bonds is 8. The Kier molecular flexibility index (Phi) is 5.68. The number of hydrogen-bond acceptors (Lipinski definition) is 5. The van der Waals surface area contributed by atoms with Crippen molar-refractivity contribution < 1.29 is 18.7 Å². The molecule has 3 rings (SSSR count). The molecule has 0 aliphatic heterocycles. The van der Waals surface area contributed by atoms with Crippen molar-refractivity contribution in [2.24, 2.45) is 0 Å². The van der Waals surface area contributed by atoms with Crippen molar-refractivity contribution in [2.75, 3.05) is 13.2 Å². The number of carbonyl (C=O) groups is 2. The summed E-state index contributed by atoms with van der Waals surface area (Å²) in [4.78, 5) is 28.4.